The molecule has 1 heterocycles. The molecule has 10 heteroatoms. The summed E-state index contributed by atoms with van der Waals surface area (Å²) in [5.74, 6) is -0.331. The molecule has 0 spiro atoms. The van der Waals surface area contributed by atoms with E-state index in [9.17, 15) is 23.1 Å². The molecule has 1 aliphatic rings. The van der Waals surface area contributed by atoms with Gasteiger partial charge in [-0.1, -0.05) is 41.9 Å². The first-order valence-corrected chi connectivity index (χ1v) is 13.3. The minimum atomic E-state index is -4.04. The van der Waals surface area contributed by atoms with Crippen LogP contribution in [0.15, 0.2) is 83.8 Å². The Labute approximate surface area is 215 Å². The molecule has 2 amide bonds. The number of carboxylic acid groups (broad SMARTS) is 1. The summed E-state index contributed by atoms with van der Waals surface area (Å²) < 4.78 is 28.6. The van der Waals surface area contributed by atoms with Crippen molar-refractivity contribution in [2.75, 3.05) is 11.4 Å². The molecule has 3 aromatic carbocycles. The maximum atomic E-state index is 13.7. The third kappa shape index (κ3) is 5.70. The van der Waals surface area contributed by atoms with Crippen LogP contribution in [0.1, 0.15) is 24.8 Å². The molecule has 0 unspecified atom stereocenters. The van der Waals surface area contributed by atoms with E-state index in [1.165, 1.54) is 28.6 Å². The maximum absolute atomic E-state index is 13.7. The van der Waals surface area contributed by atoms with Crippen LogP contribution >= 0.6 is 11.6 Å². The Morgan fingerprint density at radius 3 is 2.22 bits per heavy atom. The van der Waals surface area contributed by atoms with E-state index in [0.29, 0.717) is 41.3 Å². The van der Waals surface area contributed by atoms with Gasteiger partial charge in [0.05, 0.1) is 16.3 Å². The van der Waals surface area contributed by atoms with E-state index >= 15 is 0 Å². The molecule has 1 aliphatic heterocycles. The van der Waals surface area contributed by atoms with Crippen LogP contribution in [0.25, 0.3) is 0 Å². The summed E-state index contributed by atoms with van der Waals surface area (Å²) in [7, 11) is -4.04. The Bertz CT molecular complexity index is 1320. The molecule has 1 fully saturated rings. The van der Waals surface area contributed by atoms with Crippen LogP contribution in [0.4, 0.5) is 16.2 Å². The predicted molar refractivity (Wildman–Crippen MR) is 138 cm³/mol. The Hall–Kier alpha value is -3.40. The number of hydrogen-bond donors (Lipinski definition) is 2. The molecule has 0 aliphatic carbocycles. The van der Waals surface area contributed by atoms with Gasteiger partial charge in [0.1, 0.15) is 6.04 Å². The second kappa shape index (κ2) is 11.1. The molecule has 0 aromatic heterocycles. The molecule has 8 nitrogen and oxygen atoms in total. The van der Waals surface area contributed by atoms with Gasteiger partial charge in [-0.05, 0) is 73.4 Å². The second-order valence-corrected chi connectivity index (χ2v) is 10.8. The lowest BCUT2D eigenvalue weighted by molar-refractivity contribution is -0.124. The van der Waals surface area contributed by atoms with Crippen LogP contribution in [-0.4, -0.2) is 42.4 Å². The number of nitrogens with one attached hydrogen (secondary N) is 1. The average Bonchev–Trinajstić information content (AvgIpc) is 3.08. The van der Waals surface area contributed by atoms with Crippen molar-refractivity contribution in [1.82, 2.24) is 9.62 Å². The van der Waals surface area contributed by atoms with Crippen LogP contribution in [0.2, 0.25) is 5.02 Å². The molecular weight excluding hydrogens is 502 g/mol. The molecule has 188 valence electrons. The van der Waals surface area contributed by atoms with Crippen molar-refractivity contribution < 1.29 is 23.1 Å². The zero-order valence-corrected chi connectivity index (χ0v) is 21.0. The quantitative estimate of drug-likeness (QED) is 0.449. The number of para-hydroxylation sites is 1. The predicted octanol–water partition coefficient (Wildman–Crippen LogP) is 5.02. The van der Waals surface area contributed by atoms with Crippen molar-refractivity contribution in [2.45, 2.75) is 36.7 Å². The van der Waals surface area contributed by atoms with E-state index in [2.05, 4.69) is 5.32 Å². The van der Waals surface area contributed by atoms with Gasteiger partial charge >= 0.3 is 6.09 Å². The number of anilines is 2. The van der Waals surface area contributed by atoms with Gasteiger partial charge in [-0.15, -0.1) is 0 Å². The summed E-state index contributed by atoms with van der Waals surface area (Å²) in [4.78, 5) is 26.0. The Balaban J connectivity index is 1.67. The third-order valence-corrected chi connectivity index (χ3v) is 8.13. The summed E-state index contributed by atoms with van der Waals surface area (Å²) in [6, 6.07) is 20.2. The summed E-state index contributed by atoms with van der Waals surface area (Å²) in [6.07, 6.45) is 0.740. The van der Waals surface area contributed by atoms with Crippen LogP contribution < -0.4 is 10.2 Å². The monoisotopic (exact) mass is 527 g/mol. The number of halogens is 1. The molecule has 4 rings (SSSR count). The number of carbonyl (C=O) groups is 2. The van der Waals surface area contributed by atoms with Gasteiger partial charge in [0.25, 0.3) is 0 Å². The van der Waals surface area contributed by atoms with Gasteiger partial charge in [-0.3, -0.25) is 4.79 Å². The molecule has 1 atom stereocenters. The molecule has 3 aromatic rings. The fourth-order valence-electron chi connectivity index (χ4n) is 4.18. The van der Waals surface area contributed by atoms with Crippen molar-refractivity contribution >= 4 is 45.0 Å². The lowest BCUT2D eigenvalue weighted by atomic mass is 10.1. The number of sulfonamides is 1. The van der Waals surface area contributed by atoms with E-state index in [-0.39, 0.29) is 17.3 Å². The van der Waals surface area contributed by atoms with Crippen molar-refractivity contribution in [2.24, 2.45) is 0 Å². The average molecular weight is 528 g/mol. The zero-order valence-electron chi connectivity index (χ0n) is 19.4. The minimum absolute atomic E-state index is 0.0432. The van der Waals surface area contributed by atoms with Crippen molar-refractivity contribution in [1.29, 1.82) is 0 Å². The Morgan fingerprint density at radius 1 is 0.944 bits per heavy atom. The fraction of sp³-hybridized carbons (Fsp3) is 0.231. The maximum Gasteiger partial charge on any atom is 0.416 e. The highest BCUT2D eigenvalue weighted by atomic mass is 35.5. The van der Waals surface area contributed by atoms with E-state index < -0.39 is 22.2 Å². The number of hydrogen-bond acceptors (Lipinski definition) is 4. The molecule has 1 saturated heterocycles. The minimum Gasteiger partial charge on any atom is -0.464 e. The normalized spacial score (nSPS) is 16.3. The van der Waals surface area contributed by atoms with Gasteiger partial charge in [-0.2, -0.15) is 4.31 Å². The number of amides is 2. The van der Waals surface area contributed by atoms with Crippen LogP contribution in [0.3, 0.4) is 0 Å². The van der Waals surface area contributed by atoms with E-state index in [4.69, 9.17) is 11.6 Å². The van der Waals surface area contributed by atoms with Gasteiger partial charge in [0, 0.05) is 18.1 Å². The van der Waals surface area contributed by atoms with Gasteiger partial charge < -0.3 is 10.4 Å². The van der Waals surface area contributed by atoms with Crippen LogP contribution in [0, 0.1) is 0 Å². The lowest BCUT2D eigenvalue weighted by Gasteiger charge is -2.29. The van der Waals surface area contributed by atoms with Gasteiger partial charge in [0.15, 0.2) is 0 Å². The van der Waals surface area contributed by atoms with Crippen LogP contribution in [0.5, 0.6) is 0 Å². The zero-order chi connectivity index (χ0) is 25.7. The SMILES string of the molecule is O=C1NCCCC[C@H]1N(Cc1ccc(N(C(=O)O)c2ccccc2)cc1)S(=O)(=O)c1ccc(Cl)cc1. The van der Waals surface area contributed by atoms with Gasteiger partial charge in [-0.25, -0.2) is 18.1 Å². The van der Waals surface area contributed by atoms with Crippen LogP contribution in [-0.2, 0) is 21.4 Å². The number of nitrogens with zero attached hydrogens (tertiary/aromatic N) is 2. The van der Waals surface area contributed by atoms with E-state index in [1.807, 2.05) is 0 Å². The van der Waals surface area contributed by atoms with Crippen molar-refractivity contribution in [3.8, 4) is 0 Å². The summed E-state index contributed by atoms with van der Waals surface area (Å²) in [5.41, 5.74) is 1.52. The molecule has 0 radical (unpaired) electrons. The first-order valence-electron chi connectivity index (χ1n) is 11.5. The first-order chi connectivity index (χ1) is 17.3. The lowest BCUT2D eigenvalue weighted by Crippen LogP contribution is -2.48. The Morgan fingerprint density at radius 2 is 1.58 bits per heavy atom. The van der Waals surface area contributed by atoms with E-state index in [1.54, 1.807) is 54.6 Å². The topological polar surface area (TPSA) is 107 Å². The fourth-order valence-corrected chi connectivity index (χ4v) is 5.91. The molecular formula is C26H26ClN3O5S. The smallest absolute Gasteiger partial charge is 0.416 e. The molecule has 0 bridgehead atoms. The van der Waals surface area contributed by atoms with Crippen molar-refractivity contribution in [3.05, 3.63) is 89.4 Å². The highest BCUT2D eigenvalue weighted by molar-refractivity contribution is 7.89. The number of carbonyl (C=O) groups excluding carboxylic acids is 1. The number of benzene rings is 3. The first kappa shape index (κ1) is 25.7. The molecule has 0 saturated carbocycles. The molecule has 36 heavy (non-hydrogen) atoms. The highest BCUT2D eigenvalue weighted by Gasteiger charge is 2.36. The second-order valence-electron chi connectivity index (χ2n) is 8.43. The van der Waals surface area contributed by atoms with Gasteiger partial charge in [0.2, 0.25) is 15.9 Å². The summed E-state index contributed by atoms with van der Waals surface area (Å²) in [6.45, 7) is 0.450. The highest BCUT2D eigenvalue weighted by Crippen LogP contribution is 2.29. The molecule has 2 N–H and O–H groups in total. The summed E-state index contributed by atoms with van der Waals surface area (Å²) >= 11 is 5.95. The summed E-state index contributed by atoms with van der Waals surface area (Å²) in [5, 5.41) is 13.0. The van der Waals surface area contributed by atoms with Crippen molar-refractivity contribution in [3.63, 3.8) is 0 Å². The Kier molecular flexibility index (Phi) is 7.93. The standard InChI is InChI=1S/C26H26ClN3O5S/c27-20-11-15-23(16-12-20)36(34,35)29(24-8-4-5-17-28-25(24)31)18-19-9-13-22(14-10-19)30(26(32)33)21-6-2-1-3-7-21/h1-3,6-7,9-16,24H,4-5,8,17-18H2,(H,28,31)(H,32,33)/t24-/m1/s1. The largest absolute Gasteiger partial charge is 0.464 e. The third-order valence-electron chi connectivity index (χ3n) is 6.01. The number of rotatable bonds is 7. The van der Waals surface area contributed by atoms with E-state index in [0.717, 1.165) is 11.3 Å².